The second kappa shape index (κ2) is 4.13. The zero-order valence-electron chi connectivity index (χ0n) is 9.96. The van der Waals surface area contributed by atoms with Gasteiger partial charge in [0.25, 0.3) is 5.91 Å². The van der Waals surface area contributed by atoms with Crippen molar-refractivity contribution in [3.63, 3.8) is 0 Å². The molecule has 3 aromatic rings. The van der Waals surface area contributed by atoms with E-state index in [1.807, 2.05) is 30.3 Å². The average Bonchev–Trinajstić information content (AvgIpc) is 2.82. The van der Waals surface area contributed by atoms with Crippen LogP contribution in [0.5, 0.6) is 0 Å². The normalized spacial score (nSPS) is 10.7. The summed E-state index contributed by atoms with van der Waals surface area (Å²) in [6.07, 6.45) is 1.56. The Morgan fingerprint density at radius 1 is 1.21 bits per heavy atom. The third kappa shape index (κ3) is 1.91. The van der Waals surface area contributed by atoms with Crippen molar-refractivity contribution in [1.29, 1.82) is 0 Å². The molecule has 0 aliphatic carbocycles. The monoisotopic (exact) mass is 253 g/mol. The Morgan fingerprint density at radius 2 is 2.00 bits per heavy atom. The fraction of sp³-hybridized carbons (Fsp3) is 0. The fourth-order valence-electron chi connectivity index (χ4n) is 1.93. The highest BCUT2D eigenvalue weighted by atomic mass is 16.3. The van der Waals surface area contributed by atoms with Crippen molar-refractivity contribution >= 4 is 22.7 Å². The molecule has 0 fully saturated rings. The molecule has 1 aromatic carbocycles. The lowest BCUT2D eigenvalue weighted by molar-refractivity contribution is 0.100. The van der Waals surface area contributed by atoms with Gasteiger partial charge in [-0.25, -0.2) is 4.98 Å². The summed E-state index contributed by atoms with van der Waals surface area (Å²) in [6, 6.07) is 11.1. The Kier molecular flexibility index (Phi) is 2.45. The van der Waals surface area contributed by atoms with Crippen LogP contribution in [0.1, 0.15) is 10.4 Å². The van der Waals surface area contributed by atoms with E-state index in [1.165, 1.54) is 0 Å². The van der Waals surface area contributed by atoms with E-state index in [4.69, 9.17) is 15.9 Å². The Bertz CT molecular complexity index is 744. The van der Waals surface area contributed by atoms with E-state index in [-0.39, 0.29) is 11.4 Å². The van der Waals surface area contributed by atoms with Gasteiger partial charge < -0.3 is 15.9 Å². The third-order valence-electron chi connectivity index (χ3n) is 2.89. The number of para-hydroxylation sites is 1. The number of carbonyl (C=O) groups excluding carboxylic acids is 1. The number of aromatic nitrogens is 1. The van der Waals surface area contributed by atoms with Gasteiger partial charge in [-0.3, -0.25) is 4.79 Å². The Labute approximate surface area is 108 Å². The first kappa shape index (κ1) is 11.3. The summed E-state index contributed by atoms with van der Waals surface area (Å²) in [4.78, 5) is 15.2. The first-order valence-corrected chi connectivity index (χ1v) is 5.69. The van der Waals surface area contributed by atoms with Gasteiger partial charge in [-0.1, -0.05) is 18.2 Å². The molecule has 0 atom stereocenters. The number of carbonyl (C=O) groups is 1. The number of pyridine rings is 1. The Morgan fingerprint density at radius 3 is 2.74 bits per heavy atom. The first-order valence-electron chi connectivity index (χ1n) is 5.69. The van der Waals surface area contributed by atoms with Crippen molar-refractivity contribution < 1.29 is 9.21 Å². The smallest absolute Gasteiger partial charge is 0.252 e. The molecule has 2 heterocycles. The van der Waals surface area contributed by atoms with Crippen molar-refractivity contribution in [2.24, 2.45) is 5.73 Å². The molecule has 0 radical (unpaired) electrons. The molecule has 0 aliphatic heterocycles. The summed E-state index contributed by atoms with van der Waals surface area (Å²) in [6.45, 7) is 0. The standard InChI is InChI=1S/C14H11N3O2/c15-13-10(14(16)18)5-9(7-17-13)12-6-8-3-1-2-4-11(8)19-12/h1-7H,(H2,15,17)(H2,16,18). The van der Waals surface area contributed by atoms with Crippen LogP contribution >= 0.6 is 0 Å². The van der Waals surface area contributed by atoms with Crippen LogP contribution in [-0.4, -0.2) is 10.9 Å². The van der Waals surface area contributed by atoms with Crippen molar-refractivity contribution in [2.75, 3.05) is 5.73 Å². The van der Waals surface area contributed by atoms with Crippen LogP contribution in [0.2, 0.25) is 0 Å². The predicted octanol–water partition coefficient (Wildman–Crippen LogP) is 2.18. The lowest BCUT2D eigenvalue weighted by Crippen LogP contribution is -2.14. The van der Waals surface area contributed by atoms with Gasteiger partial charge in [-0.05, 0) is 18.2 Å². The number of nitrogens with zero attached hydrogens (tertiary/aromatic N) is 1. The lowest BCUT2D eigenvalue weighted by Gasteiger charge is -2.02. The van der Waals surface area contributed by atoms with Gasteiger partial charge in [-0.2, -0.15) is 0 Å². The number of amides is 1. The van der Waals surface area contributed by atoms with Crippen molar-refractivity contribution in [3.8, 4) is 11.3 Å². The average molecular weight is 253 g/mol. The number of nitrogens with two attached hydrogens (primary N) is 2. The molecule has 94 valence electrons. The maximum atomic E-state index is 11.2. The molecule has 5 nitrogen and oxygen atoms in total. The van der Waals surface area contributed by atoms with E-state index in [0.29, 0.717) is 11.3 Å². The molecule has 0 saturated carbocycles. The topological polar surface area (TPSA) is 95.1 Å². The number of fused-ring (bicyclic) bond motifs is 1. The number of primary amides is 1. The summed E-state index contributed by atoms with van der Waals surface area (Å²) in [5.41, 5.74) is 12.5. The molecule has 0 bridgehead atoms. The first-order chi connectivity index (χ1) is 9.15. The van der Waals surface area contributed by atoms with Gasteiger partial charge in [0.05, 0.1) is 5.56 Å². The molecule has 0 unspecified atom stereocenters. The number of hydrogen-bond acceptors (Lipinski definition) is 4. The summed E-state index contributed by atoms with van der Waals surface area (Å²) < 4.78 is 5.70. The van der Waals surface area contributed by atoms with Gasteiger partial charge in [0.2, 0.25) is 0 Å². The minimum Gasteiger partial charge on any atom is -0.456 e. The van der Waals surface area contributed by atoms with Gasteiger partial charge in [-0.15, -0.1) is 0 Å². The summed E-state index contributed by atoms with van der Waals surface area (Å²) in [7, 11) is 0. The second-order valence-electron chi connectivity index (χ2n) is 4.17. The minimum atomic E-state index is -0.608. The number of nitrogen functional groups attached to an aromatic ring is 1. The van der Waals surface area contributed by atoms with Crippen LogP contribution in [0.4, 0.5) is 5.82 Å². The summed E-state index contributed by atoms with van der Waals surface area (Å²) >= 11 is 0. The lowest BCUT2D eigenvalue weighted by atomic mass is 10.1. The van der Waals surface area contributed by atoms with Crippen molar-refractivity contribution in [1.82, 2.24) is 4.98 Å². The highest BCUT2D eigenvalue weighted by molar-refractivity contribution is 5.98. The van der Waals surface area contributed by atoms with Crippen LogP contribution in [-0.2, 0) is 0 Å². The maximum absolute atomic E-state index is 11.2. The van der Waals surface area contributed by atoms with E-state index in [1.54, 1.807) is 12.3 Å². The molecular formula is C14H11N3O2. The van der Waals surface area contributed by atoms with Crippen LogP contribution in [0, 0.1) is 0 Å². The van der Waals surface area contributed by atoms with Crippen LogP contribution in [0.15, 0.2) is 47.0 Å². The maximum Gasteiger partial charge on any atom is 0.252 e. The summed E-state index contributed by atoms with van der Waals surface area (Å²) in [5.74, 6) is 0.131. The van der Waals surface area contributed by atoms with Gasteiger partial charge in [0, 0.05) is 17.1 Å². The van der Waals surface area contributed by atoms with E-state index < -0.39 is 5.91 Å². The third-order valence-corrected chi connectivity index (χ3v) is 2.89. The highest BCUT2D eigenvalue weighted by Gasteiger charge is 2.12. The van der Waals surface area contributed by atoms with Crippen LogP contribution < -0.4 is 11.5 Å². The molecule has 5 heteroatoms. The molecule has 2 aromatic heterocycles. The predicted molar refractivity (Wildman–Crippen MR) is 72.4 cm³/mol. The quantitative estimate of drug-likeness (QED) is 0.731. The molecule has 19 heavy (non-hydrogen) atoms. The van der Waals surface area contributed by atoms with E-state index in [2.05, 4.69) is 4.98 Å². The second-order valence-corrected chi connectivity index (χ2v) is 4.17. The molecule has 4 N–H and O–H groups in total. The Balaban J connectivity index is 2.16. The highest BCUT2D eigenvalue weighted by Crippen LogP contribution is 2.28. The van der Waals surface area contributed by atoms with Crippen molar-refractivity contribution in [3.05, 3.63) is 48.2 Å². The molecule has 1 amide bonds. The molecule has 0 aliphatic rings. The number of furan rings is 1. The summed E-state index contributed by atoms with van der Waals surface area (Å²) in [5, 5.41) is 0.981. The van der Waals surface area contributed by atoms with Crippen molar-refractivity contribution in [2.45, 2.75) is 0 Å². The largest absolute Gasteiger partial charge is 0.456 e. The van der Waals surface area contributed by atoms with Gasteiger partial charge in [0.15, 0.2) is 0 Å². The van der Waals surface area contributed by atoms with E-state index in [9.17, 15) is 4.79 Å². The SMILES string of the molecule is NC(=O)c1cc(-c2cc3ccccc3o2)cnc1N. The molecule has 3 rings (SSSR count). The minimum absolute atomic E-state index is 0.118. The number of benzene rings is 1. The zero-order valence-corrected chi connectivity index (χ0v) is 9.96. The van der Waals surface area contributed by atoms with E-state index >= 15 is 0 Å². The van der Waals surface area contributed by atoms with Gasteiger partial charge in [0.1, 0.15) is 17.2 Å². The number of hydrogen-bond donors (Lipinski definition) is 2. The molecule has 0 saturated heterocycles. The van der Waals surface area contributed by atoms with Gasteiger partial charge >= 0.3 is 0 Å². The van der Waals surface area contributed by atoms with Crippen LogP contribution in [0.25, 0.3) is 22.3 Å². The zero-order chi connectivity index (χ0) is 13.4. The molecular weight excluding hydrogens is 242 g/mol. The number of rotatable bonds is 2. The molecule has 0 spiro atoms. The number of anilines is 1. The van der Waals surface area contributed by atoms with E-state index in [0.717, 1.165) is 11.0 Å². The van der Waals surface area contributed by atoms with Crippen LogP contribution in [0.3, 0.4) is 0 Å². The Hall–Kier alpha value is -2.82. The fourth-order valence-corrected chi connectivity index (χ4v) is 1.93.